The van der Waals surface area contributed by atoms with Gasteiger partial charge in [-0.2, -0.15) is 13.2 Å². The highest BCUT2D eigenvalue weighted by molar-refractivity contribution is 5.88. The number of rotatable bonds is 0. The Morgan fingerprint density at radius 2 is 1.88 bits per heavy atom. The van der Waals surface area contributed by atoms with Crippen LogP contribution in [0.3, 0.4) is 0 Å². The molecule has 0 bridgehead atoms. The van der Waals surface area contributed by atoms with Crippen LogP contribution in [-0.2, 0) is 9.53 Å². The summed E-state index contributed by atoms with van der Waals surface area (Å²) in [6, 6.07) is 0. The minimum atomic E-state index is -4.49. The Morgan fingerprint density at radius 1 is 1.50 bits per heavy atom. The molecule has 1 atom stereocenters. The van der Waals surface area contributed by atoms with E-state index in [0.717, 1.165) is 0 Å². The third-order valence-corrected chi connectivity index (χ3v) is 0.688. The number of epoxide rings is 1. The van der Waals surface area contributed by atoms with E-state index in [1.165, 1.54) is 0 Å². The van der Waals surface area contributed by atoms with Gasteiger partial charge in [-0.3, -0.25) is 0 Å². The van der Waals surface area contributed by atoms with Crippen LogP contribution in [0, 0.1) is 0 Å². The van der Waals surface area contributed by atoms with Gasteiger partial charge in [-0.05, 0) is 0 Å². The molecule has 5 heteroatoms. The molecule has 1 fully saturated rings. The Balaban J connectivity index is 2.51. The number of halogens is 3. The molecule has 46 valence electrons. The molecule has 1 saturated heterocycles. The van der Waals surface area contributed by atoms with Crippen LogP contribution in [0.5, 0.6) is 0 Å². The van der Waals surface area contributed by atoms with Gasteiger partial charge in [0, 0.05) is 0 Å². The average Bonchev–Trinajstić information content (AvgIpc) is 2.13. The van der Waals surface area contributed by atoms with Crippen LogP contribution in [0.15, 0.2) is 0 Å². The largest absolute Gasteiger partial charge is 0.437 e. The monoisotopic (exact) mass is 126 g/mol. The number of carbonyl (C=O) groups excluding carboxylic acids is 1. The fourth-order valence-electron chi connectivity index (χ4n) is 0.283. The quantitative estimate of drug-likeness (QED) is 0.441. The highest BCUT2D eigenvalue weighted by Crippen LogP contribution is 2.32. The molecule has 1 aliphatic heterocycles. The lowest BCUT2D eigenvalue weighted by atomic mass is 10.5. The lowest BCUT2D eigenvalue weighted by Gasteiger charge is -1.93. The highest BCUT2D eigenvalue weighted by Gasteiger charge is 2.59. The molecule has 0 aromatic heterocycles. The fourth-order valence-corrected chi connectivity index (χ4v) is 0.283. The second-order valence-electron chi connectivity index (χ2n) is 1.36. The van der Waals surface area contributed by atoms with Crippen molar-refractivity contribution in [3.8, 4) is 0 Å². The summed E-state index contributed by atoms with van der Waals surface area (Å²) in [5.74, 6) is -1.18. The van der Waals surface area contributed by atoms with Crippen LogP contribution < -0.4 is 0 Å². The predicted molar refractivity (Wildman–Crippen MR) is 15.9 cm³/mol. The molecule has 1 rings (SSSR count). The molecule has 0 spiro atoms. The van der Waals surface area contributed by atoms with Gasteiger partial charge in [0.1, 0.15) is 0 Å². The maximum absolute atomic E-state index is 11.1. The molecule has 8 heavy (non-hydrogen) atoms. The fraction of sp³-hybridized carbons (Fsp3) is 0.667. The summed E-state index contributed by atoms with van der Waals surface area (Å²) in [6.45, 7) is 0. The SMILES string of the molecule is O=C1OC1C(F)(F)F. The van der Waals surface area contributed by atoms with Gasteiger partial charge in [-0.1, -0.05) is 0 Å². The van der Waals surface area contributed by atoms with E-state index in [1.54, 1.807) is 0 Å². The van der Waals surface area contributed by atoms with Crippen molar-refractivity contribution >= 4 is 5.97 Å². The average molecular weight is 126 g/mol. The van der Waals surface area contributed by atoms with E-state index in [4.69, 9.17) is 0 Å². The summed E-state index contributed by atoms with van der Waals surface area (Å²) in [4.78, 5) is 9.59. The van der Waals surface area contributed by atoms with Crippen LogP contribution in [0.4, 0.5) is 13.2 Å². The van der Waals surface area contributed by atoms with Gasteiger partial charge in [0.25, 0.3) is 6.10 Å². The van der Waals surface area contributed by atoms with Crippen molar-refractivity contribution < 1.29 is 22.7 Å². The van der Waals surface area contributed by atoms with E-state index in [1.807, 2.05) is 0 Å². The number of hydrogen-bond acceptors (Lipinski definition) is 2. The Hall–Kier alpha value is -0.740. The van der Waals surface area contributed by atoms with E-state index in [-0.39, 0.29) is 0 Å². The van der Waals surface area contributed by atoms with E-state index >= 15 is 0 Å². The minimum Gasteiger partial charge on any atom is -0.437 e. The third-order valence-electron chi connectivity index (χ3n) is 0.688. The van der Waals surface area contributed by atoms with Crippen molar-refractivity contribution in [2.24, 2.45) is 0 Å². The standard InChI is InChI=1S/C3HF3O2/c4-3(5,6)1-2(7)8-1/h1H. The molecule has 0 radical (unpaired) electrons. The molecule has 0 saturated carbocycles. The molecule has 0 aromatic rings. The smallest absolute Gasteiger partial charge is 0.436 e. The van der Waals surface area contributed by atoms with E-state index in [2.05, 4.69) is 4.74 Å². The van der Waals surface area contributed by atoms with Crippen molar-refractivity contribution in [2.45, 2.75) is 12.3 Å². The molecule has 1 unspecified atom stereocenters. The Kier molecular flexibility index (Phi) is 0.777. The van der Waals surface area contributed by atoms with Crippen LogP contribution in [0.2, 0.25) is 0 Å². The van der Waals surface area contributed by atoms with Gasteiger partial charge >= 0.3 is 12.1 Å². The molecule has 1 aliphatic rings. The van der Waals surface area contributed by atoms with Gasteiger partial charge in [-0.25, -0.2) is 4.79 Å². The first-order valence-electron chi connectivity index (χ1n) is 1.79. The molecule has 1 heterocycles. The van der Waals surface area contributed by atoms with Crippen LogP contribution in [0.1, 0.15) is 0 Å². The molecular formula is C3HF3O2. The second-order valence-corrected chi connectivity index (χ2v) is 1.36. The van der Waals surface area contributed by atoms with Gasteiger partial charge in [0.05, 0.1) is 0 Å². The van der Waals surface area contributed by atoms with E-state index < -0.39 is 18.2 Å². The van der Waals surface area contributed by atoms with Crippen molar-refractivity contribution in [3.05, 3.63) is 0 Å². The Bertz CT molecular complexity index is 127. The van der Waals surface area contributed by atoms with Crippen molar-refractivity contribution in [2.75, 3.05) is 0 Å². The summed E-state index contributed by atoms with van der Waals surface area (Å²) >= 11 is 0. The maximum Gasteiger partial charge on any atom is 0.436 e. The maximum atomic E-state index is 11.1. The number of alkyl halides is 3. The van der Waals surface area contributed by atoms with Gasteiger partial charge in [-0.15, -0.1) is 0 Å². The van der Waals surface area contributed by atoms with Gasteiger partial charge in [0.2, 0.25) is 0 Å². The summed E-state index contributed by atoms with van der Waals surface area (Å²) in [5, 5.41) is 0. The van der Waals surface area contributed by atoms with Crippen molar-refractivity contribution in [3.63, 3.8) is 0 Å². The first-order valence-corrected chi connectivity index (χ1v) is 1.79. The van der Waals surface area contributed by atoms with Crippen LogP contribution in [0.25, 0.3) is 0 Å². The molecule has 0 N–H and O–H groups in total. The van der Waals surface area contributed by atoms with Gasteiger partial charge < -0.3 is 4.74 Å². The Morgan fingerprint density at radius 3 is 1.88 bits per heavy atom. The Labute approximate surface area is 42.2 Å². The van der Waals surface area contributed by atoms with E-state index in [0.29, 0.717) is 0 Å². The lowest BCUT2D eigenvalue weighted by molar-refractivity contribution is -0.147. The number of hydrogen-bond donors (Lipinski definition) is 0. The molecule has 0 aliphatic carbocycles. The van der Waals surface area contributed by atoms with Crippen molar-refractivity contribution in [1.29, 1.82) is 0 Å². The number of cyclic esters (lactones) is 1. The normalized spacial score (nSPS) is 27.4. The predicted octanol–water partition coefficient (Wildman–Crippen LogP) is 0.474. The minimum absolute atomic E-state index is 1.18. The first kappa shape index (κ1) is 5.40. The number of ether oxygens (including phenoxy) is 1. The summed E-state index contributed by atoms with van der Waals surface area (Å²) in [6.07, 6.45) is -6.61. The van der Waals surface area contributed by atoms with E-state index in [9.17, 15) is 18.0 Å². The summed E-state index contributed by atoms with van der Waals surface area (Å²) in [5.41, 5.74) is 0. The first-order chi connectivity index (χ1) is 3.52. The zero-order valence-electron chi connectivity index (χ0n) is 3.53. The highest BCUT2D eigenvalue weighted by atomic mass is 19.4. The number of carbonyl (C=O) groups is 1. The summed E-state index contributed by atoms with van der Waals surface area (Å²) < 4.78 is 37.0. The second kappa shape index (κ2) is 1.15. The third kappa shape index (κ3) is 0.753. The molecular weight excluding hydrogens is 125 g/mol. The zero-order chi connectivity index (χ0) is 6.36. The summed E-state index contributed by atoms with van der Waals surface area (Å²) in [7, 11) is 0. The lowest BCUT2D eigenvalue weighted by Crippen LogP contribution is -2.16. The molecule has 0 amide bonds. The zero-order valence-corrected chi connectivity index (χ0v) is 3.53. The van der Waals surface area contributed by atoms with Crippen LogP contribution in [-0.4, -0.2) is 18.2 Å². The molecule has 2 nitrogen and oxygen atoms in total. The topological polar surface area (TPSA) is 29.6 Å². The van der Waals surface area contributed by atoms with Crippen LogP contribution >= 0.6 is 0 Å². The van der Waals surface area contributed by atoms with Gasteiger partial charge in [0.15, 0.2) is 0 Å². The van der Waals surface area contributed by atoms with Crippen molar-refractivity contribution in [1.82, 2.24) is 0 Å². The molecule has 0 aromatic carbocycles.